The van der Waals surface area contributed by atoms with E-state index in [1.54, 1.807) is 24.3 Å². The number of amides is 1. The highest BCUT2D eigenvalue weighted by atomic mass is 16.3. The molecule has 2 heterocycles. The Bertz CT molecular complexity index is 757. The number of carbonyl (C=O) groups excluding carboxylic acids is 1. The number of anilines is 2. The molecule has 1 fully saturated rings. The fourth-order valence-corrected chi connectivity index (χ4v) is 2.85. The number of nitrogens with one attached hydrogen (secondary N) is 1. The van der Waals surface area contributed by atoms with Crippen LogP contribution in [0.25, 0.3) is 0 Å². The summed E-state index contributed by atoms with van der Waals surface area (Å²) in [5, 5.41) is 13.4. The Balaban J connectivity index is 1.73. The molecule has 1 amide bonds. The number of nitrogens with zero attached hydrogens (tertiary/aromatic N) is 3. The molecule has 1 aliphatic heterocycles. The standard InChI is InChI=1S/C18H23N5O2/c1-22-6-8-23(9-7-22)12-13-10-14(2-3-17(13)24)21-15-4-5-20-16(11-15)18(19)25/h2-5,10-11,24H,6-9,12H2,1H3,(H2,19,25)(H,20,21). The largest absolute Gasteiger partial charge is 0.508 e. The minimum absolute atomic E-state index is 0.210. The van der Waals surface area contributed by atoms with Gasteiger partial charge in [-0.15, -0.1) is 0 Å². The van der Waals surface area contributed by atoms with Gasteiger partial charge in [0.15, 0.2) is 0 Å². The molecule has 1 saturated heterocycles. The second-order valence-electron chi connectivity index (χ2n) is 6.34. The number of primary amides is 1. The van der Waals surface area contributed by atoms with Crippen LogP contribution in [0, 0.1) is 0 Å². The van der Waals surface area contributed by atoms with Crippen molar-refractivity contribution >= 4 is 17.3 Å². The van der Waals surface area contributed by atoms with Crippen LogP contribution in [-0.2, 0) is 6.54 Å². The van der Waals surface area contributed by atoms with Crippen LogP contribution in [0.4, 0.5) is 11.4 Å². The van der Waals surface area contributed by atoms with Crippen LogP contribution in [-0.4, -0.2) is 59.0 Å². The van der Waals surface area contributed by atoms with Crippen molar-refractivity contribution in [1.82, 2.24) is 14.8 Å². The van der Waals surface area contributed by atoms with Crippen molar-refractivity contribution < 1.29 is 9.90 Å². The predicted molar refractivity (Wildman–Crippen MR) is 96.9 cm³/mol. The maximum Gasteiger partial charge on any atom is 0.267 e. The van der Waals surface area contributed by atoms with Crippen LogP contribution in [0.2, 0.25) is 0 Å². The fourth-order valence-electron chi connectivity index (χ4n) is 2.85. The van der Waals surface area contributed by atoms with Gasteiger partial charge in [0, 0.05) is 55.9 Å². The van der Waals surface area contributed by atoms with Crippen LogP contribution in [0.3, 0.4) is 0 Å². The number of phenolic OH excluding ortho intramolecular Hbond substituents is 1. The zero-order chi connectivity index (χ0) is 17.8. The lowest BCUT2D eigenvalue weighted by atomic mass is 10.1. The minimum atomic E-state index is -0.565. The Kier molecular flexibility index (Phi) is 5.16. The van der Waals surface area contributed by atoms with Crippen molar-refractivity contribution in [3.8, 4) is 5.75 Å². The number of rotatable bonds is 5. The third-order valence-electron chi connectivity index (χ3n) is 4.37. The van der Waals surface area contributed by atoms with Crippen LogP contribution in [0.5, 0.6) is 5.75 Å². The van der Waals surface area contributed by atoms with Crippen molar-refractivity contribution in [3.05, 3.63) is 47.8 Å². The molecular weight excluding hydrogens is 318 g/mol. The molecule has 7 nitrogen and oxygen atoms in total. The van der Waals surface area contributed by atoms with Gasteiger partial charge in [-0.3, -0.25) is 14.7 Å². The van der Waals surface area contributed by atoms with Crippen molar-refractivity contribution in [3.63, 3.8) is 0 Å². The molecule has 25 heavy (non-hydrogen) atoms. The van der Waals surface area contributed by atoms with E-state index in [-0.39, 0.29) is 11.4 Å². The summed E-state index contributed by atoms with van der Waals surface area (Å²) in [6, 6.07) is 8.78. The van der Waals surface area contributed by atoms with E-state index in [0.29, 0.717) is 6.54 Å². The normalized spacial score (nSPS) is 15.9. The van der Waals surface area contributed by atoms with Crippen LogP contribution < -0.4 is 11.1 Å². The molecule has 1 aliphatic rings. The predicted octanol–water partition coefficient (Wildman–Crippen LogP) is 1.38. The number of piperazine rings is 1. The SMILES string of the molecule is CN1CCN(Cc2cc(Nc3ccnc(C(N)=O)c3)ccc2O)CC1. The Morgan fingerprint density at radius 1 is 1.20 bits per heavy atom. The molecule has 0 atom stereocenters. The highest BCUT2D eigenvalue weighted by Gasteiger charge is 2.15. The summed E-state index contributed by atoms with van der Waals surface area (Å²) in [5.41, 5.74) is 7.91. The number of hydrogen-bond donors (Lipinski definition) is 3. The molecule has 0 radical (unpaired) electrons. The maximum absolute atomic E-state index is 11.2. The first-order valence-electron chi connectivity index (χ1n) is 8.27. The monoisotopic (exact) mass is 341 g/mol. The van der Waals surface area contributed by atoms with Crippen molar-refractivity contribution in [1.29, 1.82) is 0 Å². The van der Waals surface area contributed by atoms with E-state index >= 15 is 0 Å². The van der Waals surface area contributed by atoms with Gasteiger partial charge in [0.1, 0.15) is 11.4 Å². The molecule has 7 heteroatoms. The van der Waals surface area contributed by atoms with E-state index < -0.39 is 5.91 Å². The lowest BCUT2D eigenvalue weighted by Crippen LogP contribution is -2.43. The maximum atomic E-state index is 11.2. The zero-order valence-corrected chi connectivity index (χ0v) is 14.3. The van der Waals surface area contributed by atoms with Crippen molar-refractivity contribution in [2.75, 3.05) is 38.5 Å². The van der Waals surface area contributed by atoms with Gasteiger partial charge < -0.3 is 21.1 Å². The van der Waals surface area contributed by atoms with Gasteiger partial charge in [-0.05, 0) is 37.4 Å². The number of pyridine rings is 1. The fraction of sp³-hybridized carbons (Fsp3) is 0.333. The molecule has 1 aromatic heterocycles. The van der Waals surface area contributed by atoms with E-state index in [9.17, 15) is 9.90 Å². The van der Waals surface area contributed by atoms with Gasteiger partial charge in [0.05, 0.1) is 0 Å². The second kappa shape index (κ2) is 7.50. The van der Waals surface area contributed by atoms with Gasteiger partial charge in [-0.2, -0.15) is 0 Å². The first kappa shape index (κ1) is 17.2. The third-order valence-corrected chi connectivity index (χ3v) is 4.37. The zero-order valence-electron chi connectivity index (χ0n) is 14.3. The number of aromatic nitrogens is 1. The molecule has 0 aliphatic carbocycles. The molecular formula is C18H23N5O2. The summed E-state index contributed by atoms with van der Waals surface area (Å²) in [4.78, 5) is 19.8. The number of aromatic hydroxyl groups is 1. The van der Waals surface area contributed by atoms with E-state index in [4.69, 9.17) is 5.73 Å². The summed E-state index contributed by atoms with van der Waals surface area (Å²) < 4.78 is 0. The van der Waals surface area contributed by atoms with Crippen molar-refractivity contribution in [2.45, 2.75) is 6.54 Å². The lowest BCUT2D eigenvalue weighted by molar-refractivity contribution is 0.0995. The molecule has 1 aromatic carbocycles. The second-order valence-corrected chi connectivity index (χ2v) is 6.34. The Morgan fingerprint density at radius 2 is 1.92 bits per heavy atom. The van der Waals surface area contributed by atoms with Crippen LogP contribution >= 0.6 is 0 Å². The first-order valence-corrected chi connectivity index (χ1v) is 8.27. The summed E-state index contributed by atoms with van der Waals surface area (Å²) in [5.74, 6) is -0.276. The number of likely N-dealkylation sites (N-methyl/N-ethyl adjacent to an activating group) is 1. The van der Waals surface area contributed by atoms with Gasteiger partial charge in [-0.25, -0.2) is 0 Å². The molecule has 0 saturated carbocycles. The summed E-state index contributed by atoms with van der Waals surface area (Å²) in [6.07, 6.45) is 1.54. The number of phenols is 1. The highest BCUT2D eigenvalue weighted by molar-refractivity contribution is 5.91. The smallest absolute Gasteiger partial charge is 0.267 e. The van der Waals surface area contributed by atoms with E-state index in [2.05, 4.69) is 27.1 Å². The quantitative estimate of drug-likeness (QED) is 0.711. The number of carbonyl (C=O) groups is 1. The Labute approximate surface area is 147 Å². The Morgan fingerprint density at radius 3 is 2.64 bits per heavy atom. The average Bonchev–Trinajstić information content (AvgIpc) is 2.60. The molecule has 4 N–H and O–H groups in total. The third kappa shape index (κ3) is 4.46. The average molecular weight is 341 g/mol. The number of nitrogens with two attached hydrogens (primary N) is 1. The van der Waals surface area contributed by atoms with Gasteiger partial charge in [0.2, 0.25) is 0 Å². The van der Waals surface area contributed by atoms with Crippen LogP contribution in [0.15, 0.2) is 36.5 Å². The highest BCUT2D eigenvalue weighted by Crippen LogP contribution is 2.25. The molecule has 3 rings (SSSR count). The van der Waals surface area contributed by atoms with Gasteiger partial charge in [0.25, 0.3) is 5.91 Å². The van der Waals surface area contributed by atoms with Crippen molar-refractivity contribution in [2.24, 2.45) is 5.73 Å². The lowest BCUT2D eigenvalue weighted by Gasteiger charge is -2.32. The molecule has 132 valence electrons. The molecule has 0 spiro atoms. The molecule has 2 aromatic rings. The van der Waals surface area contributed by atoms with Gasteiger partial charge in [-0.1, -0.05) is 0 Å². The first-order chi connectivity index (χ1) is 12.0. The minimum Gasteiger partial charge on any atom is -0.508 e. The Hall–Kier alpha value is -2.64. The van der Waals surface area contributed by atoms with E-state index in [0.717, 1.165) is 43.1 Å². The summed E-state index contributed by atoms with van der Waals surface area (Å²) >= 11 is 0. The topological polar surface area (TPSA) is 94.7 Å². The molecule has 0 bridgehead atoms. The summed E-state index contributed by atoms with van der Waals surface area (Å²) in [6.45, 7) is 4.75. The molecule has 0 unspecified atom stereocenters. The number of benzene rings is 1. The number of hydrogen-bond acceptors (Lipinski definition) is 6. The van der Waals surface area contributed by atoms with E-state index in [1.165, 1.54) is 6.20 Å². The summed E-state index contributed by atoms with van der Waals surface area (Å²) in [7, 11) is 2.12. The van der Waals surface area contributed by atoms with Crippen LogP contribution in [0.1, 0.15) is 16.1 Å². The van der Waals surface area contributed by atoms with E-state index in [1.807, 2.05) is 6.07 Å². The van der Waals surface area contributed by atoms with Gasteiger partial charge >= 0.3 is 0 Å².